The number of nitrogens with two attached hydrogens (primary N) is 1. The molecule has 4 nitrogen and oxygen atoms in total. The monoisotopic (exact) mass is 213 g/mol. The van der Waals surface area contributed by atoms with Crippen LogP contribution < -0.4 is 11.1 Å². The molecule has 0 aliphatic rings. The van der Waals surface area contributed by atoms with Crippen LogP contribution >= 0.6 is 0 Å². The normalized spacial score (nSPS) is 9.75. The van der Waals surface area contributed by atoms with Gasteiger partial charge in [0.1, 0.15) is 0 Å². The lowest BCUT2D eigenvalue weighted by atomic mass is 10.2. The Labute approximate surface area is 93.1 Å². The number of aromatic nitrogens is 1. The van der Waals surface area contributed by atoms with E-state index < -0.39 is 0 Å². The van der Waals surface area contributed by atoms with Crippen LogP contribution in [0.15, 0.2) is 48.8 Å². The number of nitrogen functional groups attached to an aromatic ring is 1. The summed E-state index contributed by atoms with van der Waals surface area (Å²) in [4.78, 5) is 15.6. The molecule has 0 unspecified atom stereocenters. The van der Waals surface area contributed by atoms with Gasteiger partial charge in [-0.2, -0.15) is 0 Å². The van der Waals surface area contributed by atoms with Gasteiger partial charge in [-0.1, -0.05) is 6.07 Å². The summed E-state index contributed by atoms with van der Waals surface area (Å²) in [5.74, 6) is -0.173. The van der Waals surface area contributed by atoms with Crippen LogP contribution in [-0.4, -0.2) is 10.9 Å². The Morgan fingerprint density at radius 2 is 1.94 bits per heavy atom. The van der Waals surface area contributed by atoms with Crippen LogP contribution in [0, 0.1) is 0 Å². The second-order valence-electron chi connectivity index (χ2n) is 3.32. The molecule has 0 aliphatic heterocycles. The zero-order valence-electron chi connectivity index (χ0n) is 8.55. The molecule has 2 aromatic rings. The van der Waals surface area contributed by atoms with E-state index in [1.165, 1.54) is 0 Å². The topological polar surface area (TPSA) is 68.0 Å². The van der Waals surface area contributed by atoms with Gasteiger partial charge < -0.3 is 11.1 Å². The molecule has 1 aromatic carbocycles. The lowest BCUT2D eigenvalue weighted by Gasteiger charge is -2.05. The van der Waals surface area contributed by atoms with Crippen LogP contribution in [0.3, 0.4) is 0 Å². The van der Waals surface area contributed by atoms with Crippen molar-refractivity contribution in [1.82, 2.24) is 4.98 Å². The molecule has 4 heteroatoms. The van der Waals surface area contributed by atoms with E-state index >= 15 is 0 Å². The maximum absolute atomic E-state index is 11.7. The minimum absolute atomic E-state index is 0.173. The molecule has 2 rings (SSSR count). The van der Waals surface area contributed by atoms with E-state index in [0.29, 0.717) is 16.9 Å². The predicted octanol–water partition coefficient (Wildman–Crippen LogP) is 1.92. The molecule has 0 fully saturated rings. The molecule has 0 saturated heterocycles. The summed E-state index contributed by atoms with van der Waals surface area (Å²) in [6, 6.07) is 10.4. The van der Waals surface area contributed by atoms with E-state index in [9.17, 15) is 4.79 Å². The summed E-state index contributed by atoms with van der Waals surface area (Å²) >= 11 is 0. The molecule has 16 heavy (non-hydrogen) atoms. The van der Waals surface area contributed by atoms with Gasteiger partial charge in [-0.05, 0) is 30.3 Å². The van der Waals surface area contributed by atoms with Crippen LogP contribution in [0.4, 0.5) is 11.4 Å². The van der Waals surface area contributed by atoms with E-state index in [1.54, 1.807) is 48.8 Å². The average molecular weight is 213 g/mol. The molecule has 0 aliphatic carbocycles. The highest BCUT2D eigenvalue weighted by molar-refractivity contribution is 6.04. The van der Waals surface area contributed by atoms with Gasteiger partial charge in [0.2, 0.25) is 0 Å². The van der Waals surface area contributed by atoms with Crippen molar-refractivity contribution >= 4 is 17.3 Å². The summed E-state index contributed by atoms with van der Waals surface area (Å²) < 4.78 is 0. The maximum Gasteiger partial charge on any atom is 0.255 e. The third-order valence-electron chi connectivity index (χ3n) is 2.09. The Morgan fingerprint density at radius 1 is 1.19 bits per heavy atom. The van der Waals surface area contributed by atoms with Crippen LogP contribution in [-0.2, 0) is 0 Å². The van der Waals surface area contributed by atoms with E-state index in [0.717, 1.165) is 0 Å². The SMILES string of the molecule is Nc1cccc(NC(=O)c2ccncc2)c1. The van der Waals surface area contributed by atoms with Crippen LogP contribution in [0.1, 0.15) is 10.4 Å². The first kappa shape index (κ1) is 10.2. The zero-order valence-corrected chi connectivity index (χ0v) is 8.55. The number of hydrogen-bond donors (Lipinski definition) is 2. The number of carbonyl (C=O) groups excluding carboxylic acids is 1. The number of carbonyl (C=O) groups is 1. The van der Waals surface area contributed by atoms with E-state index in [-0.39, 0.29) is 5.91 Å². The first-order chi connectivity index (χ1) is 7.75. The van der Waals surface area contributed by atoms with Crippen LogP contribution in [0.2, 0.25) is 0 Å². The average Bonchev–Trinajstić information content (AvgIpc) is 2.30. The molecule has 0 radical (unpaired) electrons. The van der Waals surface area contributed by atoms with Crippen molar-refractivity contribution in [1.29, 1.82) is 0 Å². The second kappa shape index (κ2) is 4.44. The number of amides is 1. The molecule has 0 saturated carbocycles. The van der Waals surface area contributed by atoms with Gasteiger partial charge >= 0.3 is 0 Å². The highest BCUT2D eigenvalue weighted by atomic mass is 16.1. The third kappa shape index (κ3) is 2.36. The van der Waals surface area contributed by atoms with Crippen molar-refractivity contribution in [3.05, 3.63) is 54.4 Å². The number of hydrogen-bond acceptors (Lipinski definition) is 3. The molecule has 0 bridgehead atoms. The Balaban J connectivity index is 2.14. The van der Waals surface area contributed by atoms with Gasteiger partial charge in [-0.25, -0.2) is 0 Å². The van der Waals surface area contributed by atoms with Crippen molar-refractivity contribution in [2.75, 3.05) is 11.1 Å². The minimum atomic E-state index is -0.173. The fourth-order valence-electron chi connectivity index (χ4n) is 1.32. The quantitative estimate of drug-likeness (QED) is 0.749. The number of rotatable bonds is 2. The summed E-state index contributed by atoms with van der Waals surface area (Å²) in [6.07, 6.45) is 3.16. The molecule has 1 amide bonds. The summed E-state index contributed by atoms with van der Waals surface area (Å²) in [5, 5.41) is 2.75. The number of benzene rings is 1. The van der Waals surface area contributed by atoms with Gasteiger partial charge in [0.15, 0.2) is 0 Å². The first-order valence-corrected chi connectivity index (χ1v) is 4.82. The molecule has 1 aromatic heterocycles. The van der Waals surface area contributed by atoms with Gasteiger partial charge in [0.05, 0.1) is 0 Å². The number of anilines is 2. The summed E-state index contributed by atoms with van der Waals surface area (Å²) in [6.45, 7) is 0. The van der Waals surface area contributed by atoms with Crippen LogP contribution in [0.5, 0.6) is 0 Å². The molecule has 1 heterocycles. The van der Waals surface area contributed by atoms with E-state index in [1.807, 2.05) is 0 Å². The smallest absolute Gasteiger partial charge is 0.255 e. The maximum atomic E-state index is 11.7. The number of nitrogens with one attached hydrogen (secondary N) is 1. The predicted molar refractivity (Wildman–Crippen MR) is 63.0 cm³/mol. The highest BCUT2D eigenvalue weighted by Gasteiger charge is 2.04. The van der Waals surface area contributed by atoms with Gasteiger partial charge in [0, 0.05) is 29.3 Å². The fraction of sp³-hybridized carbons (Fsp3) is 0. The molecule has 0 spiro atoms. The molecule has 80 valence electrons. The van der Waals surface area contributed by atoms with Crippen LogP contribution in [0.25, 0.3) is 0 Å². The Kier molecular flexibility index (Phi) is 2.82. The Hall–Kier alpha value is -2.36. The number of nitrogens with zero attached hydrogens (tertiary/aromatic N) is 1. The van der Waals surface area contributed by atoms with Gasteiger partial charge in [-0.15, -0.1) is 0 Å². The summed E-state index contributed by atoms with van der Waals surface area (Å²) in [7, 11) is 0. The first-order valence-electron chi connectivity index (χ1n) is 4.82. The molecular formula is C12H11N3O. The second-order valence-corrected chi connectivity index (χ2v) is 3.32. The fourth-order valence-corrected chi connectivity index (χ4v) is 1.32. The standard InChI is InChI=1S/C12H11N3O/c13-10-2-1-3-11(8-10)15-12(16)9-4-6-14-7-5-9/h1-8H,13H2,(H,15,16). The van der Waals surface area contributed by atoms with Crippen molar-refractivity contribution in [3.8, 4) is 0 Å². The molecule has 0 atom stereocenters. The van der Waals surface area contributed by atoms with Crippen molar-refractivity contribution in [3.63, 3.8) is 0 Å². The zero-order chi connectivity index (χ0) is 11.4. The lowest BCUT2D eigenvalue weighted by Crippen LogP contribution is -2.11. The van der Waals surface area contributed by atoms with E-state index in [4.69, 9.17) is 5.73 Å². The Bertz CT molecular complexity index is 497. The lowest BCUT2D eigenvalue weighted by molar-refractivity contribution is 0.102. The van der Waals surface area contributed by atoms with Crippen molar-refractivity contribution in [2.45, 2.75) is 0 Å². The summed E-state index contributed by atoms with van der Waals surface area (Å²) in [5.41, 5.74) is 7.48. The Morgan fingerprint density at radius 3 is 2.62 bits per heavy atom. The molecule has 3 N–H and O–H groups in total. The highest BCUT2D eigenvalue weighted by Crippen LogP contribution is 2.12. The van der Waals surface area contributed by atoms with Crippen molar-refractivity contribution in [2.24, 2.45) is 0 Å². The third-order valence-corrected chi connectivity index (χ3v) is 2.09. The minimum Gasteiger partial charge on any atom is -0.399 e. The van der Waals surface area contributed by atoms with Crippen molar-refractivity contribution < 1.29 is 4.79 Å². The van der Waals surface area contributed by atoms with E-state index in [2.05, 4.69) is 10.3 Å². The molecular weight excluding hydrogens is 202 g/mol. The number of pyridine rings is 1. The van der Waals surface area contributed by atoms with Gasteiger partial charge in [-0.3, -0.25) is 9.78 Å². The largest absolute Gasteiger partial charge is 0.399 e. The van der Waals surface area contributed by atoms with Gasteiger partial charge in [0.25, 0.3) is 5.91 Å².